The summed E-state index contributed by atoms with van der Waals surface area (Å²) in [5, 5.41) is 0. The van der Waals surface area contributed by atoms with Gasteiger partial charge in [0, 0.05) is 0 Å². The molecular weight excluding hydrogens is 252 g/mol. The first-order valence-electron chi connectivity index (χ1n) is 10.3. The quantitative estimate of drug-likeness (QED) is 0.507. The minimum Gasteiger partial charge on any atom is -0.0654 e. The molecule has 0 unspecified atom stereocenters. The maximum absolute atomic E-state index is 2.39. The molecule has 0 heterocycles. The lowest BCUT2D eigenvalue weighted by molar-refractivity contribution is 0.272. The lowest BCUT2D eigenvalue weighted by Crippen LogP contribution is -2.12. The van der Waals surface area contributed by atoms with E-state index in [-0.39, 0.29) is 0 Å². The van der Waals surface area contributed by atoms with Gasteiger partial charge < -0.3 is 0 Å². The third-order valence-corrected chi connectivity index (χ3v) is 6.35. The average molecular weight is 293 g/mol. The molecule has 0 aliphatic heterocycles. The molecule has 21 heavy (non-hydrogen) atoms. The summed E-state index contributed by atoms with van der Waals surface area (Å²) in [7, 11) is 0. The highest BCUT2D eigenvalue weighted by Crippen LogP contribution is 2.40. The lowest BCUT2D eigenvalue weighted by atomic mass is 9.81. The van der Waals surface area contributed by atoms with E-state index in [1.165, 1.54) is 57.8 Å². The van der Waals surface area contributed by atoms with Crippen molar-refractivity contribution in [3.05, 3.63) is 0 Å². The smallest absolute Gasteiger partial charge is 0.0409 e. The predicted molar refractivity (Wildman–Crippen MR) is 94.6 cm³/mol. The van der Waals surface area contributed by atoms with Crippen LogP contribution in [0.15, 0.2) is 0 Å². The Morgan fingerprint density at radius 2 is 1.14 bits per heavy atom. The standard InChI is InChI=1S/C21H40/c1-3-9-18-11-7-5-6-8-12-19-13-14-21(15-18)17-20(16-19)10-4-2/h18-21H,3-17H2,1-2H3/t18-,19-,20-,21-/m0/s1. The Morgan fingerprint density at radius 1 is 0.571 bits per heavy atom. The molecule has 0 aromatic heterocycles. The lowest BCUT2D eigenvalue weighted by Gasteiger charge is -2.25. The van der Waals surface area contributed by atoms with E-state index in [0.717, 1.165) is 23.7 Å². The Balaban J connectivity index is 1.99. The Labute approximate surface area is 134 Å². The van der Waals surface area contributed by atoms with Crippen LogP contribution in [0.2, 0.25) is 0 Å². The van der Waals surface area contributed by atoms with Crippen LogP contribution in [-0.2, 0) is 0 Å². The summed E-state index contributed by atoms with van der Waals surface area (Å²) in [5.74, 6) is 4.27. The average Bonchev–Trinajstić information content (AvgIpc) is 2.63. The monoisotopic (exact) mass is 292 g/mol. The van der Waals surface area contributed by atoms with Gasteiger partial charge in [0.25, 0.3) is 0 Å². The Morgan fingerprint density at radius 3 is 1.90 bits per heavy atom. The van der Waals surface area contributed by atoms with Crippen LogP contribution in [0.25, 0.3) is 0 Å². The fourth-order valence-corrected chi connectivity index (χ4v) is 5.35. The van der Waals surface area contributed by atoms with Crippen molar-refractivity contribution in [1.82, 2.24) is 0 Å². The first-order chi connectivity index (χ1) is 10.3. The van der Waals surface area contributed by atoms with Crippen molar-refractivity contribution < 1.29 is 0 Å². The second-order valence-corrected chi connectivity index (χ2v) is 8.32. The molecule has 124 valence electrons. The zero-order valence-electron chi connectivity index (χ0n) is 14.9. The van der Waals surface area contributed by atoms with E-state index in [2.05, 4.69) is 13.8 Å². The summed E-state index contributed by atoms with van der Waals surface area (Å²) in [4.78, 5) is 0. The van der Waals surface area contributed by atoms with Gasteiger partial charge in [0.2, 0.25) is 0 Å². The van der Waals surface area contributed by atoms with Crippen LogP contribution >= 0.6 is 0 Å². The zero-order chi connectivity index (χ0) is 14.9. The second-order valence-electron chi connectivity index (χ2n) is 8.32. The van der Waals surface area contributed by atoms with Gasteiger partial charge in [0.05, 0.1) is 0 Å². The van der Waals surface area contributed by atoms with E-state index < -0.39 is 0 Å². The van der Waals surface area contributed by atoms with Crippen molar-refractivity contribution in [3.63, 3.8) is 0 Å². The van der Waals surface area contributed by atoms with Crippen molar-refractivity contribution in [1.29, 1.82) is 0 Å². The molecule has 2 fully saturated rings. The number of hydrogen-bond donors (Lipinski definition) is 0. The molecular formula is C21H40. The maximum Gasteiger partial charge on any atom is -0.0409 e. The molecule has 2 aliphatic rings. The molecule has 2 saturated carbocycles. The van der Waals surface area contributed by atoms with Crippen LogP contribution in [0.1, 0.15) is 110 Å². The minimum absolute atomic E-state index is 1.05. The molecule has 0 heteroatoms. The highest BCUT2D eigenvalue weighted by atomic mass is 14.3. The van der Waals surface area contributed by atoms with Crippen molar-refractivity contribution in [2.45, 2.75) is 110 Å². The summed E-state index contributed by atoms with van der Waals surface area (Å²) in [5.41, 5.74) is 0. The highest BCUT2D eigenvalue weighted by Gasteiger charge is 2.27. The van der Waals surface area contributed by atoms with E-state index in [9.17, 15) is 0 Å². The molecule has 0 saturated heterocycles. The Hall–Kier alpha value is 0. The third kappa shape index (κ3) is 6.33. The Bertz CT molecular complexity index is 257. The second kappa shape index (κ2) is 9.90. The molecule has 0 N–H and O–H groups in total. The van der Waals surface area contributed by atoms with Crippen LogP contribution in [0.5, 0.6) is 0 Å². The largest absolute Gasteiger partial charge is 0.0654 e. The van der Waals surface area contributed by atoms with E-state index >= 15 is 0 Å². The molecule has 4 atom stereocenters. The normalized spacial score (nSPS) is 35.7. The molecule has 0 aromatic carbocycles. The summed E-state index contributed by atoms with van der Waals surface area (Å²) >= 11 is 0. The maximum atomic E-state index is 2.39. The van der Waals surface area contributed by atoms with Crippen LogP contribution in [-0.4, -0.2) is 0 Å². The highest BCUT2D eigenvalue weighted by molar-refractivity contribution is 4.79. The van der Waals surface area contributed by atoms with Crippen molar-refractivity contribution in [2.24, 2.45) is 23.7 Å². The van der Waals surface area contributed by atoms with Crippen LogP contribution in [0, 0.1) is 23.7 Å². The topological polar surface area (TPSA) is 0 Å². The fourth-order valence-electron chi connectivity index (χ4n) is 5.35. The van der Waals surface area contributed by atoms with E-state index in [4.69, 9.17) is 0 Å². The number of fused-ring (bicyclic) bond motifs is 3. The van der Waals surface area contributed by atoms with Gasteiger partial charge in [0.15, 0.2) is 0 Å². The number of rotatable bonds is 4. The fraction of sp³-hybridized carbons (Fsp3) is 1.00. The third-order valence-electron chi connectivity index (χ3n) is 6.35. The molecule has 0 spiro atoms. The summed E-state index contributed by atoms with van der Waals surface area (Å²) in [6.07, 6.45) is 22.8. The van der Waals surface area contributed by atoms with Gasteiger partial charge in [-0.25, -0.2) is 0 Å². The molecule has 0 aromatic rings. The van der Waals surface area contributed by atoms with E-state index in [1.54, 1.807) is 38.5 Å². The summed E-state index contributed by atoms with van der Waals surface area (Å²) in [6, 6.07) is 0. The Kier molecular flexibility index (Phi) is 8.19. The molecule has 2 bridgehead atoms. The predicted octanol–water partition coefficient (Wildman–Crippen LogP) is 7.37. The molecule has 0 nitrogen and oxygen atoms in total. The van der Waals surface area contributed by atoms with Gasteiger partial charge in [-0.2, -0.15) is 0 Å². The summed E-state index contributed by atoms with van der Waals surface area (Å²) < 4.78 is 0. The van der Waals surface area contributed by atoms with Gasteiger partial charge in [-0.15, -0.1) is 0 Å². The van der Waals surface area contributed by atoms with Crippen LogP contribution < -0.4 is 0 Å². The van der Waals surface area contributed by atoms with Gasteiger partial charge in [-0.05, 0) is 42.9 Å². The van der Waals surface area contributed by atoms with E-state index in [0.29, 0.717) is 0 Å². The van der Waals surface area contributed by atoms with E-state index in [1.807, 2.05) is 0 Å². The first-order valence-corrected chi connectivity index (χ1v) is 10.3. The molecule has 2 aliphatic carbocycles. The molecule has 0 radical (unpaired) electrons. The zero-order valence-corrected chi connectivity index (χ0v) is 14.9. The molecule has 2 rings (SSSR count). The van der Waals surface area contributed by atoms with Crippen molar-refractivity contribution in [3.8, 4) is 0 Å². The number of hydrogen-bond acceptors (Lipinski definition) is 0. The molecule has 0 amide bonds. The van der Waals surface area contributed by atoms with Crippen molar-refractivity contribution in [2.75, 3.05) is 0 Å². The van der Waals surface area contributed by atoms with Gasteiger partial charge >= 0.3 is 0 Å². The minimum atomic E-state index is 1.05. The first kappa shape index (κ1) is 17.4. The van der Waals surface area contributed by atoms with Gasteiger partial charge in [-0.3, -0.25) is 0 Å². The van der Waals surface area contributed by atoms with Crippen molar-refractivity contribution >= 4 is 0 Å². The summed E-state index contributed by atoms with van der Waals surface area (Å²) in [6.45, 7) is 4.78. The van der Waals surface area contributed by atoms with Gasteiger partial charge in [0.1, 0.15) is 0 Å². The van der Waals surface area contributed by atoms with Crippen LogP contribution in [0.4, 0.5) is 0 Å². The SMILES string of the molecule is CCC[C@H]1CCCCCC[C@H]2CC[C@@H](C1)C[C@@H](CCC)C2. The van der Waals surface area contributed by atoms with Crippen LogP contribution in [0.3, 0.4) is 0 Å². The van der Waals surface area contributed by atoms with Gasteiger partial charge in [-0.1, -0.05) is 90.9 Å².